The van der Waals surface area contributed by atoms with Gasteiger partial charge in [-0.3, -0.25) is 0 Å². The van der Waals surface area contributed by atoms with Gasteiger partial charge in [0, 0.05) is 17.1 Å². The summed E-state index contributed by atoms with van der Waals surface area (Å²) in [6.45, 7) is 4.60. The van der Waals surface area contributed by atoms with E-state index < -0.39 is 0 Å². The van der Waals surface area contributed by atoms with Gasteiger partial charge >= 0.3 is 0 Å². The van der Waals surface area contributed by atoms with Gasteiger partial charge in [0.1, 0.15) is 0 Å². The molecule has 1 N–H and O–H groups in total. The van der Waals surface area contributed by atoms with Gasteiger partial charge < -0.3 is 5.32 Å². The molecule has 0 aromatic heterocycles. The number of unbranched alkanes of at least 4 members (excludes halogenated alkanes) is 6. The van der Waals surface area contributed by atoms with Crippen LogP contribution in [0.3, 0.4) is 0 Å². The summed E-state index contributed by atoms with van der Waals surface area (Å²) in [4.78, 5) is 0. The molecule has 0 radical (unpaired) electrons. The van der Waals surface area contributed by atoms with E-state index in [-0.39, 0.29) is 0 Å². The first-order valence-corrected chi connectivity index (χ1v) is 13.7. The molecule has 0 saturated heterocycles. The van der Waals surface area contributed by atoms with E-state index in [9.17, 15) is 0 Å². The fourth-order valence-corrected chi connectivity index (χ4v) is 5.91. The minimum Gasteiger partial charge on any atom is -0.382 e. The first kappa shape index (κ1) is 23.0. The molecule has 0 atom stereocenters. The molecule has 0 fully saturated rings. The molecule has 5 aromatic carbocycles. The van der Waals surface area contributed by atoms with Crippen molar-refractivity contribution in [1.82, 2.24) is 0 Å². The van der Waals surface area contributed by atoms with Crippen LogP contribution in [0.5, 0.6) is 0 Å². The Kier molecular flexibility index (Phi) is 7.19. The lowest BCUT2D eigenvalue weighted by Crippen LogP contribution is -2.19. The van der Waals surface area contributed by atoms with Gasteiger partial charge in [-0.2, -0.15) is 0 Å². The normalized spacial score (nSPS) is 12.1. The number of hydrogen-bond acceptors (Lipinski definition) is 1. The van der Waals surface area contributed by atoms with Crippen molar-refractivity contribution < 1.29 is 0 Å². The van der Waals surface area contributed by atoms with Crippen LogP contribution < -0.4 is 5.32 Å². The van der Waals surface area contributed by atoms with E-state index in [1.165, 1.54) is 113 Å². The number of anilines is 1. The van der Waals surface area contributed by atoms with Crippen LogP contribution >= 0.6 is 0 Å². The average molecular weight is 450 g/mol. The van der Waals surface area contributed by atoms with Crippen LogP contribution in [0.1, 0.15) is 78.1 Å². The quantitative estimate of drug-likeness (QED) is 0.113. The Hall–Kier alpha value is -2.80. The number of nitrogens with one attached hydrogen (secondary N) is 1. The van der Waals surface area contributed by atoms with Gasteiger partial charge in [0.2, 0.25) is 0 Å². The van der Waals surface area contributed by atoms with Crippen LogP contribution in [0.15, 0.2) is 66.7 Å². The van der Waals surface area contributed by atoms with Crippen LogP contribution in [0.2, 0.25) is 0 Å². The fraction of sp³-hybridized carbons (Fsp3) is 0.394. The third-order valence-corrected chi connectivity index (χ3v) is 7.70. The third-order valence-electron chi connectivity index (χ3n) is 7.70. The predicted octanol–water partition coefficient (Wildman–Crippen LogP) is 10.5. The van der Waals surface area contributed by atoms with E-state index in [2.05, 4.69) is 85.9 Å². The summed E-state index contributed by atoms with van der Waals surface area (Å²) in [6, 6.07) is 25.6. The Bertz CT molecular complexity index is 1300. The zero-order valence-electron chi connectivity index (χ0n) is 21.0. The largest absolute Gasteiger partial charge is 0.382 e. The maximum absolute atomic E-state index is 4.03. The standard InChI is InChI=1S/C33H39N/c1-3-5-7-9-16-25(17-10-8-6-4-2)34-31-23-22-29-27-19-12-15-24-14-11-18-26(32(24)27)28-20-13-21-30(31)33(28)29/h11-15,18-23,25,34H,3-10,16-17H2,1-2H3. The van der Waals surface area contributed by atoms with E-state index in [1.807, 2.05) is 0 Å². The van der Waals surface area contributed by atoms with Gasteiger partial charge in [0.25, 0.3) is 0 Å². The fourth-order valence-electron chi connectivity index (χ4n) is 5.91. The van der Waals surface area contributed by atoms with Gasteiger partial charge in [0.05, 0.1) is 0 Å². The van der Waals surface area contributed by atoms with Crippen LogP contribution in [-0.2, 0) is 0 Å². The highest BCUT2D eigenvalue weighted by Crippen LogP contribution is 2.42. The Morgan fingerprint density at radius 1 is 0.529 bits per heavy atom. The third kappa shape index (κ3) is 4.45. The molecule has 0 aliphatic carbocycles. The zero-order chi connectivity index (χ0) is 23.3. The maximum atomic E-state index is 4.03. The van der Waals surface area contributed by atoms with E-state index in [0.717, 1.165) is 0 Å². The van der Waals surface area contributed by atoms with Gasteiger partial charge in [-0.15, -0.1) is 0 Å². The molecule has 176 valence electrons. The van der Waals surface area contributed by atoms with Crippen molar-refractivity contribution >= 4 is 48.8 Å². The molecule has 1 nitrogen and oxygen atoms in total. The second kappa shape index (κ2) is 10.6. The first-order chi connectivity index (χ1) is 16.8. The molecule has 0 amide bonds. The number of hydrogen-bond donors (Lipinski definition) is 1. The zero-order valence-corrected chi connectivity index (χ0v) is 21.0. The van der Waals surface area contributed by atoms with Crippen LogP contribution in [0, 0.1) is 0 Å². The van der Waals surface area contributed by atoms with E-state index in [4.69, 9.17) is 0 Å². The molecule has 0 heterocycles. The van der Waals surface area contributed by atoms with Crippen molar-refractivity contribution in [3.05, 3.63) is 66.7 Å². The summed E-state index contributed by atoms with van der Waals surface area (Å²) in [5, 5.41) is 15.0. The summed E-state index contributed by atoms with van der Waals surface area (Å²) in [7, 11) is 0. The topological polar surface area (TPSA) is 12.0 Å². The van der Waals surface area contributed by atoms with Crippen molar-refractivity contribution in [2.75, 3.05) is 5.32 Å². The minimum absolute atomic E-state index is 0.560. The summed E-state index contributed by atoms with van der Waals surface area (Å²) < 4.78 is 0. The van der Waals surface area contributed by atoms with Crippen molar-refractivity contribution in [3.63, 3.8) is 0 Å². The predicted molar refractivity (Wildman–Crippen MR) is 153 cm³/mol. The van der Waals surface area contributed by atoms with Crippen molar-refractivity contribution in [2.24, 2.45) is 0 Å². The molecule has 5 aromatic rings. The second-order valence-corrected chi connectivity index (χ2v) is 10.1. The lowest BCUT2D eigenvalue weighted by atomic mass is 9.89. The summed E-state index contributed by atoms with van der Waals surface area (Å²) in [5.41, 5.74) is 1.31. The molecule has 0 aliphatic heterocycles. The first-order valence-electron chi connectivity index (χ1n) is 13.7. The van der Waals surface area contributed by atoms with Crippen molar-refractivity contribution in [2.45, 2.75) is 84.1 Å². The Morgan fingerprint density at radius 2 is 1.06 bits per heavy atom. The number of rotatable bonds is 12. The van der Waals surface area contributed by atoms with Gasteiger partial charge in [-0.05, 0) is 56.6 Å². The smallest absolute Gasteiger partial charge is 0.0422 e. The van der Waals surface area contributed by atoms with E-state index >= 15 is 0 Å². The molecule has 0 spiro atoms. The van der Waals surface area contributed by atoms with Crippen molar-refractivity contribution in [1.29, 1.82) is 0 Å². The highest BCUT2D eigenvalue weighted by molar-refractivity contribution is 6.33. The molecule has 0 unspecified atom stereocenters. The van der Waals surface area contributed by atoms with E-state index in [1.54, 1.807) is 0 Å². The van der Waals surface area contributed by atoms with Crippen molar-refractivity contribution in [3.8, 4) is 0 Å². The number of fused-ring (bicyclic) bond motifs is 2. The molecule has 5 rings (SSSR count). The lowest BCUT2D eigenvalue weighted by Gasteiger charge is -2.23. The van der Waals surface area contributed by atoms with Crippen LogP contribution in [0.25, 0.3) is 43.1 Å². The van der Waals surface area contributed by atoms with Crippen LogP contribution in [-0.4, -0.2) is 6.04 Å². The molecular formula is C33H39N. The van der Waals surface area contributed by atoms with Gasteiger partial charge in [-0.25, -0.2) is 0 Å². The molecular weight excluding hydrogens is 410 g/mol. The average Bonchev–Trinajstić information content (AvgIpc) is 2.88. The number of benzene rings is 5. The summed E-state index contributed by atoms with van der Waals surface area (Å²) >= 11 is 0. The lowest BCUT2D eigenvalue weighted by molar-refractivity contribution is 0.515. The monoisotopic (exact) mass is 449 g/mol. The Morgan fingerprint density at radius 3 is 1.68 bits per heavy atom. The summed E-state index contributed by atoms with van der Waals surface area (Å²) in [5.74, 6) is 0. The maximum Gasteiger partial charge on any atom is 0.0422 e. The molecule has 0 bridgehead atoms. The SMILES string of the molecule is CCCCCCC(CCCCCC)Nc1ccc2c3cccc4cccc(c5cccc1c52)c43. The highest BCUT2D eigenvalue weighted by Gasteiger charge is 2.16. The second-order valence-electron chi connectivity index (χ2n) is 10.1. The molecule has 1 heteroatoms. The highest BCUT2D eigenvalue weighted by atomic mass is 14.9. The molecule has 0 aliphatic rings. The van der Waals surface area contributed by atoms with Gasteiger partial charge in [-0.1, -0.05) is 126 Å². The minimum atomic E-state index is 0.560. The Labute approximate surface area is 204 Å². The Balaban J connectivity index is 1.54. The van der Waals surface area contributed by atoms with Gasteiger partial charge in [0.15, 0.2) is 0 Å². The molecule has 0 saturated carbocycles. The molecule has 34 heavy (non-hydrogen) atoms. The van der Waals surface area contributed by atoms with Crippen LogP contribution in [0.4, 0.5) is 5.69 Å². The summed E-state index contributed by atoms with van der Waals surface area (Å²) in [6.07, 6.45) is 13.2. The van der Waals surface area contributed by atoms with E-state index in [0.29, 0.717) is 6.04 Å².